The zero-order chi connectivity index (χ0) is 18.0. The predicted molar refractivity (Wildman–Crippen MR) is 111 cm³/mol. The third kappa shape index (κ3) is 2.97. The van der Waals surface area contributed by atoms with Gasteiger partial charge in [0.2, 0.25) is 8.40 Å². The molecule has 4 rings (SSSR count). The molecule has 0 spiro atoms. The Bertz CT molecular complexity index is 660. The summed E-state index contributed by atoms with van der Waals surface area (Å²) in [4.78, 5) is 4.05. The van der Waals surface area contributed by atoms with Crippen LogP contribution in [0.25, 0.3) is 0 Å². The van der Waals surface area contributed by atoms with Crippen molar-refractivity contribution < 1.29 is 0 Å². The lowest BCUT2D eigenvalue weighted by atomic mass is 9.76. The van der Waals surface area contributed by atoms with Crippen molar-refractivity contribution in [2.24, 2.45) is 11.8 Å². The van der Waals surface area contributed by atoms with Gasteiger partial charge < -0.3 is 9.55 Å². The van der Waals surface area contributed by atoms with Crippen LogP contribution in [-0.4, -0.2) is 20.0 Å². The van der Waals surface area contributed by atoms with Crippen LogP contribution < -0.4 is 9.55 Å². The largest absolute Gasteiger partial charge is 0.382 e. The fraction of sp³-hybridized carbons (Fsp3) is 0.727. The number of hydrogen-bond donors (Lipinski definition) is 1. The molecule has 25 heavy (non-hydrogen) atoms. The van der Waals surface area contributed by atoms with Gasteiger partial charge in [0.05, 0.1) is 0 Å². The van der Waals surface area contributed by atoms with Gasteiger partial charge in [-0.3, -0.25) is 0 Å². The molecule has 2 saturated carbocycles. The van der Waals surface area contributed by atoms with E-state index in [1.54, 1.807) is 11.3 Å². The smallest absolute Gasteiger partial charge is 0.227 e. The Morgan fingerprint density at radius 1 is 1.12 bits per heavy atom. The monoisotopic (exact) mass is 356 g/mol. The summed E-state index contributed by atoms with van der Waals surface area (Å²) >= 11 is 0. The van der Waals surface area contributed by atoms with Crippen molar-refractivity contribution in [2.75, 3.05) is 4.57 Å². The molecule has 1 N–H and O–H groups in total. The second-order valence-electron chi connectivity index (χ2n) is 10.4. The summed E-state index contributed by atoms with van der Waals surface area (Å²) in [7, 11) is -1.74. The number of rotatable bonds is 2. The number of fused-ring (bicyclic) bond motifs is 5. The third-order valence-corrected chi connectivity index (χ3v) is 9.94. The van der Waals surface area contributed by atoms with Gasteiger partial charge in [-0.1, -0.05) is 37.0 Å². The molecule has 0 radical (unpaired) electrons. The zero-order valence-electron chi connectivity index (χ0n) is 17.0. The summed E-state index contributed by atoms with van der Waals surface area (Å²) in [5, 5.41) is 0. The number of hydrogen-bond acceptors (Lipinski definition) is 2. The highest BCUT2D eigenvalue weighted by atomic mass is 28.3. The highest BCUT2D eigenvalue weighted by molar-refractivity contribution is 6.79. The van der Waals surface area contributed by atoms with Crippen molar-refractivity contribution in [3.05, 3.63) is 29.3 Å². The minimum Gasteiger partial charge on any atom is -0.382 e. The molecule has 0 amide bonds. The molecule has 1 aromatic carbocycles. The van der Waals surface area contributed by atoms with E-state index in [1.807, 2.05) is 0 Å². The molecule has 4 unspecified atom stereocenters. The lowest BCUT2D eigenvalue weighted by Crippen LogP contribution is -2.67. The van der Waals surface area contributed by atoms with Crippen LogP contribution >= 0.6 is 0 Å². The van der Waals surface area contributed by atoms with Crippen molar-refractivity contribution in [3.63, 3.8) is 0 Å². The van der Waals surface area contributed by atoms with Gasteiger partial charge in [-0.2, -0.15) is 0 Å². The molecule has 1 aromatic rings. The fourth-order valence-corrected chi connectivity index (χ4v) is 10.3. The topological polar surface area (TPSA) is 15.3 Å². The van der Waals surface area contributed by atoms with Gasteiger partial charge in [-0.05, 0) is 77.1 Å². The van der Waals surface area contributed by atoms with E-state index in [1.165, 1.54) is 37.7 Å². The van der Waals surface area contributed by atoms with Crippen LogP contribution in [-0.2, 0) is 0 Å². The SMILES string of the molecule is Cc1ccc2c(c1)C1C3CCCCC3CC1N2[Si](C)(C)NC(C)(C)C. The third-order valence-electron chi connectivity index (χ3n) is 6.80. The van der Waals surface area contributed by atoms with Crippen LogP contribution in [0.2, 0.25) is 13.1 Å². The Balaban J connectivity index is 1.77. The van der Waals surface area contributed by atoms with E-state index in [2.05, 4.69) is 68.5 Å². The van der Waals surface area contributed by atoms with Crippen LogP contribution in [0.1, 0.15) is 69.9 Å². The van der Waals surface area contributed by atoms with E-state index in [0.717, 1.165) is 23.8 Å². The first-order valence-corrected chi connectivity index (χ1v) is 13.3. The summed E-state index contributed by atoms with van der Waals surface area (Å²) in [6, 6.07) is 8.01. The Kier molecular flexibility index (Phi) is 4.12. The van der Waals surface area contributed by atoms with Gasteiger partial charge in [0, 0.05) is 23.2 Å². The minimum absolute atomic E-state index is 0.171. The van der Waals surface area contributed by atoms with Gasteiger partial charge in [-0.15, -0.1) is 0 Å². The van der Waals surface area contributed by atoms with Crippen LogP contribution in [0.4, 0.5) is 5.69 Å². The molecular weight excluding hydrogens is 320 g/mol. The van der Waals surface area contributed by atoms with Crippen molar-refractivity contribution >= 4 is 14.1 Å². The molecule has 2 aliphatic carbocycles. The average Bonchev–Trinajstić information content (AvgIpc) is 2.98. The first kappa shape index (κ1) is 17.6. The molecule has 4 atom stereocenters. The molecule has 0 aromatic heterocycles. The lowest BCUT2D eigenvalue weighted by molar-refractivity contribution is 0.260. The second kappa shape index (κ2) is 5.85. The zero-order valence-corrected chi connectivity index (χ0v) is 18.0. The first-order valence-electron chi connectivity index (χ1n) is 10.4. The van der Waals surface area contributed by atoms with E-state index in [4.69, 9.17) is 0 Å². The molecule has 3 aliphatic rings. The summed E-state index contributed by atoms with van der Waals surface area (Å²) in [6.45, 7) is 14.3. The van der Waals surface area contributed by atoms with E-state index in [0.29, 0.717) is 0 Å². The summed E-state index contributed by atoms with van der Waals surface area (Å²) in [5.41, 5.74) is 4.83. The molecule has 2 nitrogen and oxygen atoms in total. The lowest BCUT2D eigenvalue weighted by Gasteiger charge is -2.44. The molecular formula is C22H36N2Si. The summed E-state index contributed by atoms with van der Waals surface area (Å²) in [5.74, 6) is 2.69. The van der Waals surface area contributed by atoms with Gasteiger partial charge in [0.25, 0.3) is 0 Å². The van der Waals surface area contributed by atoms with Crippen LogP contribution in [0.3, 0.4) is 0 Å². The Morgan fingerprint density at radius 3 is 2.56 bits per heavy atom. The van der Waals surface area contributed by atoms with Crippen LogP contribution in [0, 0.1) is 18.8 Å². The van der Waals surface area contributed by atoms with Crippen molar-refractivity contribution in [1.29, 1.82) is 0 Å². The van der Waals surface area contributed by atoms with E-state index >= 15 is 0 Å². The second-order valence-corrected chi connectivity index (χ2v) is 14.3. The van der Waals surface area contributed by atoms with Crippen LogP contribution in [0.5, 0.6) is 0 Å². The predicted octanol–water partition coefficient (Wildman–Crippen LogP) is 5.57. The highest BCUT2D eigenvalue weighted by Gasteiger charge is 2.55. The van der Waals surface area contributed by atoms with Crippen molar-refractivity contribution in [2.45, 2.75) is 90.4 Å². The quantitative estimate of drug-likeness (QED) is 0.697. The number of aryl methyl sites for hydroxylation is 1. The Hall–Kier alpha value is -0.803. The summed E-state index contributed by atoms with van der Waals surface area (Å²) in [6.07, 6.45) is 7.27. The molecule has 2 fully saturated rings. The van der Waals surface area contributed by atoms with Gasteiger partial charge in [0.15, 0.2) is 0 Å². The first-order chi connectivity index (χ1) is 11.7. The minimum atomic E-state index is -1.74. The van der Waals surface area contributed by atoms with E-state index in [9.17, 15) is 0 Å². The van der Waals surface area contributed by atoms with Crippen molar-refractivity contribution in [3.8, 4) is 0 Å². The molecule has 0 bridgehead atoms. The molecule has 3 heteroatoms. The standard InChI is InChI=1S/C22H36N2Si/c1-15-11-12-19-18(13-15)21-17-10-8-7-9-16(17)14-20(21)24(19)25(5,6)23-22(2,3)4/h11-13,16-17,20-21,23H,7-10,14H2,1-6H3. The maximum absolute atomic E-state index is 4.05. The summed E-state index contributed by atoms with van der Waals surface area (Å²) < 4.78 is 2.90. The molecule has 138 valence electrons. The van der Waals surface area contributed by atoms with Gasteiger partial charge in [-0.25, -0.2) is 0 Å². The Morgan fingerprint density at radius 2 is 1.84 bits per heavy atom. The highest BCUT2D eigenvalue weighted by Crippen LogP contribution is 2.59. The number of nitrogens with one attached hydrogen (secondary N) is 1. The number of nitrogens with zero attached hydrogens (tertiary/aromatic N) is 1. The van der Waals surface area contributed by atoms with E-state index < -0.39 is 8.40 Å². The molecule has 1 aliphatic heterocycles. The number of benzene rings is 1. The number of anilines is 1. The molecule has 0 saturated heterocycles. The average molecular weight is 357 g/mol. The molecule has 1 heterocycles. The van der Waals surface area contributed by atoms with E-state index in [-0.39, 0.29) is 5.54 Å². The van der Waals surface area contributed by atoms with Gasteiger partial charge >= 0.3 is 0 Å². The van der Waals surface area contributed by atoms with Crippen LogP contribution in [0.15, 0.2) is 18.2 Å². The van der Waals surface area contributed by atoms with Crippen molar-refractivity contribution in [1.82, 2.24) is 4.98 Å². The normalized spacial score (nSPS) is 31.7. The maximum atomic E-state index is 4.05. The van der Waals surface area contributed by atoms with Gasteiger partial charge in [0.1, 0.15) is 0 Å². The Labute approximate surface area is 155 Å². The fourth-order valence-electron chi connectivity index (χ4n) is 6.48. The maximum Gasteiger partial charge on any atom is 0.227 e.